The average Bonchev–Trinajstić information content (AvgIpc) is 2.98. The minimum atomic E-state index is -4.03. The summed E-state index contributed by atoms with van der Waals surface area (Å²) < 4.78 is 34.3. The zero-order chi connectivity index (χ0) is 29.8. The molecule has 0 fully saturated rings. The van der Waals surface area contributed by atoms with Crippen molar-refractivity contribution in [3.63, 3.8) is 0 Å². The molecule has 0 spiro atoms. The van der Waals surface area contributed by atoms with Crippen LogP contribution in [0, 0.1) is 0 Å². The van der Waals surface area contributed by atoms with Crippen LogP contribution in [0.5, 0.6) is 5.75 Å². The number of methoxy groups -OCH3 is 1. The molecule has 10 heteroatoms. The molecule has 0 aliphatic carbocycles. The molecule has 3 rings (SSSR count). The molecule has 0 radical (unpaired) electrons. The molecule has 0 saturated carbocycles. The highest BCUT2D eigenvalue weighted by Gasteiger charge is 2.34. The number of ether oxygens (including phenoxy) is 1. The Bertz CT molecular complexity index is 1370. The maximum atomic E-state index is 14.2. The van der Waals surface area contributed by atoms with E-state index >= 15 is 0 Å². The summed E-state index contributed by atoms with van der Waals surface area (Å²) in [5.41, 5.74) is 1.98. The zero-order valence-corrected chi connectivity index (χ0v) is 25.0. The minimum absolute atomic E-state index is 0.0827. The number of hydrogen-bond donors (Lipinski definition) is 1. The second-order valence-electron chi connectivity index (χ2n) is 9.86. The average molecular weight is 581 g/mol. The van der Waals surface area contributed by atoms with Gasteiger partial charge < -0.3 is 15.0 Å². The van der Waals surface area contributed by atoms with Crippen molar-refractivity contribution in [1.29, 1.82) is 0 Å². The number of anilines is 1. The van der Waals surface area contributed by atoms with Crippen LogP contribution in [0.25, 0.3) is 0 Å². The molecule has 0 unspecified atom stereocenters. The molecule has 0 aliphatic rings. The summed E-state index contributed by atoms with van der Waals surface area (Å²) in [6, 6.07) is 24.4. The second-order valence-corrected chi connectivity index (χ2v) is 11.9. The van der Waals surface area contributed by atoms with E-state index in [1.165, 1.54) is 19.0 Å². The third-order valence-electron chi connectivity index (χ3n) is 6.65. The van der Waals surface area contributed by atoms with Gasteiger partial charge in [0.25, 0.3) is 0 Å². The van der Waals surface area contributed by atoms with Crippen LogP contribution in [0.2, 0.25) is 0 Å². The normalized spacial score (nSPS) is 12.0. The van der Waals surface area contributed by atoms with Crippen LogP contribution >= 0.6 is 0 Å². The number of benzene rings is 3. The zero-order valence-electron chi connectivity index (χ0n) is 24.2. The van der Waals surface area contributed by atoms with Gasteiger partial charge in [-0.2, -0.15) is 12.7 Å². The molecule has 1 atom stereocenters. The molecule has 9 nitrogen and oxygen atoms in total. The summed E-state index contributed by atoms with van der Waals surface area (Å²) in [5, 5.41) is 2.98. The van der Waals surface area contributed by atoms with E-state index in [0.717, 1.165) is 32.6 Å². The third kappa shape index (κ3) is 8.80. The van der Waals surface area contributed by atoms with Gasteiger partial charge in [-0.1, -0.05) is 74.0 Å². The number of hydrogen-bond acceptors (Lipinski definition) is 5. The van der Waals surface area contributed by atoms with E-state index in [9.17, 15) is 18.0 Å². The molecule has 3 aromatic rings. The minimum Gasteiger partial charge on any atom is -0.497 e. The van der Waals surface area contributed by atoms with Crippen molar-refractivity contribution >= 4 is 27.7 Å². The number of nitrogens with one attached hydrogen (secondary N) is 1. The van der Waals surface area contributed by atoms with Crippen molar-refractivity contribution < 1.29 is 22.7 Å². The summed E-state index contributed by atoms with van der Waals surface area (Å²) in [7, 11) is 0.372. The van der Waals surface area contributed by atoms with Gasteiger partial charge in [-0.3, -0.25) is 9.59 Å². The topological polar surface area (TPSA) is 99.3 Å². The number of unbranched alkanes of at least 4 members (excludes halogenated alkanes) is 1. The molecule has 41 heavy (non-hydrogen) atoms. The Balaban J connectivity index is 2.07. The van der Waals surface area contributed by atoms with Gasteiger partial charge in [-0.25, -0.2) is 4.31 Å². The van der Waals surface area contributed by atoms with E-state index in [4.69, 9.17) is 4.74 Å². The fourth-order valence-electron chi connectivity index (χ4n) is 4.34. The van der Waals surface area contributed by atoms with E-state index in [1.54, 1.807) is 49.6 Å². The van der Waals surface area contributed by atoms with Gasteiger partial charge in [0.15, 0.2) is 0 Å². The summed E-state index contributed by atoms with van der Waals surface area (Å²) in [4.78, 5) is 29.4. The molecule has 220 valence electrons. The van der Waals surface area contributed by atoms with Gasteiger partial charge in [0.2, 0.25) is 11.8 Å². The summed E-state index contributed by atoms with van der Waals surface area (Å²) in [6.45, 7) is 2.12. The van der Waals surface area contributed by atoms with E-state index in [1.807, 2.05) is 49.4 Å². The Labute approximate surface area is 243 Å². The fraction of sp³-hybridized carbons (Fsp3) is 0.355. The Kier molecular flexibility index (Phi) is 11.7. The first-order chi connectivity index (χ1) is 19.7. The smallest absolute Gasteiger partial charge is 0.304 e. The lowest BCUT2D eigenvalue weighted by Crippen LogP contribution is -2.54. The van der Waals surface area contributed by atoms with E-state index in [2.05, 4.69) is 5.32 Å². The predicted octanol–water partition coefficient (Wildman–Crippen LogP) is 3.86. The number of carbonyl (C=O) groups excluding carboxylic acids is 2. The summed E-state index contributed by atoms with van der Waals surface area (Å²) in [6.07, 6.45) is 1.97. The molecule has 0 aliphatic heterocycles. The molecular weight excluding hydrogens is 540 g/mol. The first kappa shape index (κ1) is 31.6. The summed E-state index contributed by atoms with van der Waals surface area (Å²) >= 11 is 0. The highest BCUT2D eigenvalue weighted by atomic mass is 32.2. The van der Waals surface area contributed by atoms with Crippen LogP contribution in [-0.2, 0) is 32.8 Å². The first-order valence-electron chi connectivity index (χ1n) is 13.7. The maximum Gasteiger partial charge on any atom is 0.304 e. The van der Waals surface area contributed by atoms with E-state index < -0.39 is 28.7 Å². The van der Waals surface area contributed by atoms with Crippen molar-refractivity contribution in [1.82, 2.24) is 14.5 Å². The van der Waals surface area contributed by atoms with Gasteiger partial charge in [0, 0.05) is 33.6 Å². The van der Waals surface area contributed by atoms with E-state index in [0.29, 0.717) is 18.0 Å². The number of para-hydroxylation sites is 1. The second kappa shape index (κ2) is 15.2. The van der Waals surface area contributed by atoms with Crippen molar-refractivity contribution in [2.24, 2.45) is 0 Å². The van der Waals surface area contributed by atoms with Crippen LogP contribution in [0.3, 0.4) is 0 Å². The number of rotatable bonds is 15. The fourth-order valence-corrected chi connectivity index (χ4v) is 5.39. The van der Waals surface area contributed by atoms with Gasteiger partial charge in [-0.05, 0) is 41.8 Å². The lowest BCUT2D eigenvalue weighted by atomic mass is 10.0. The predicted molar refractivity (Wildman–Crippen MR) is 162 cm³/mol. The van der Waals surface area contributed by atoms with Crippen molar-refractivity contribution in [2.45, 2.75) is 38.8 Å². The monoisotopic (exact) mass is 580 g/mol. The number of carbonyl (C=O) groups is 2. The Morgan fingerprint density at radius 2 is 1.54 bits per heavy atom. The van der Waals surface area contributed by atoms with Gasteiger partial charge in [0.1, 0.15) is 18.3 Å². The van der Waals surface area contributed by atoms with Crippen LogP contribution < -0.4 is 14.4 Å². The third-order valence-corrected chi connectivity index (χ3v) is 8.47. The highest BCUT2D eigenvalue weighted by Crippen LogP contribution is 2.22. The van der Waals surface area contributed by atoms with Crippen LogP contribution in [0.1, 0.15) is 30.9 Å². The van der Waals surface area contributed by atoms with Crippen LogP contribution in [-0.4, -0.2) is 69.8 Å². The molecular formula is C31H40N4O5S. The van der Waals surface area contributed by atoms with Crippen LogP contribution in [0.15, 0.2) is 84.9 Å². The Hall–Kier alpha value is -3.89. The van der Waals surface area contributed by atoms with Gasteiger partial charge in [0.05, 0.1) is 12.8 Å². The van der Waals surface area contributed by atoms with Crippen molar-refractivity contribution in [3.8, 4) is 5.75 Å². The molecule has 0 aromatic heterocycles. The molecule has 0 bridgehead atoms. The molecule has 3 aromatic carbocycles. The van der Waals surface area contributed by atoms with Crippen molar-refractivity contribution in [2.75, 3.05) is 38.6 Å². The largest absolute Gasteiger partial charge is 0.497 e. The number of nitrogens with zero attached hydrogens (tertiary/aromatic N) is 3. The SMILES string of the molecule is CCCCNC(=O)[C@@H](Cc1ccccc1)N(Cc1cccc(OC)c1)C(=O)CN(c1ccccc1)S(=O)(=O)N(C)C. The lowest BCUT2D eigenvalue weighted by Gasteiger charge is -2.34. The van der Waals surface area contributed by atoms with Crippen LogP contribution in [0.4, 0.5) is 5.69 Å². The summed E-state index contributed by atoms with van der Waals surface area (Å²) in [5.74, 6) is -0.183. The molecule has 1 N–H and O–H groups in total. The van der Waals surface area contributed by atoms with Gasteiger partial charge in [-0.15, -0.1) is 0 Å². The van der Waals surface area contributed by atoms with Crippen molar-refractivity contribution in [3.05, 3.63) is 96.1 Å². The lowest BCUT2D eigenvalue weighted by molar-refractivity contribution is -0.140. The first-order valence-corrected chi connectivity index (χ1v) is 15.1. The molecule has 0 saturated heterocycles. The standard InChI is InChI=1S/C31H40N4O5S/c1-5-6-20-32-31(37)29(22-25-14-9-7-10-15-25)34(23-26-16-13-19-28(21-26)40-4)30(36)24-35(41(38,39)33(2)3)27-17-11-8-12-18-27/h7-19,21,29H,5-6,20,22-24H2,1-4H3,(H,32,37)/t29-/m1/s1. The number of amides is 2. The maximum absolute atomic E-state index is 14.2. The quantitative estimate of drug-likeness (QED) is 0.275. The van der Waals surface area contributed by atoms with E-state index in [-0.39, 0.29) is 18.9 Å². The molecule has 2 amide bonds. The molecule has 0 heterocycles. The van der Waals surface area contributed by atoms with Gasteiger partial charge >= 0.3 is 10.2 Å². The Morgan fingerprint density at radius 3 is 2.15 bits per heavy atom. The Morgan fingerprint density at radius 1 is 0.902 bits per heavy atom. The highest BCUT2D eigenvalue weighted by molar-refractivity contribution is 7.90.